The summed E-state index contributed by atoms with van der Waals surface area (Å²) in [5, 5.41) is 10.8. The summed E-state index contributed by atoms with van der Waals surface area (Å²) in [5.41, 5.74) is -1.51. The highest BCUT2D eigenvalue weighted by molar-refractivity contribution is 5.28. The van der Waals surface area contributed by atoms with Crippen molar-refractivity contribution in [3.05, 3.63) is 35.1 Å². The van der Waals surface area contributed by atoms with Gasteiger partial charge in [0.05, 0.1) is 5.60 Å². The molecule has 0 saturated carbocycles. The van der Waals surface area contributed by atoms with E-state index in [0.717, 1.165) is 25.3 Å². The SMILES string of the molecule is CN1C2CCCC1CC(O)(c1ccc(F)c(F)c1F)C2. The Labute approximate surface area is 116 Å². The molecular weight excluding hydrogens is 267 g/mol. The molecule has 0 aliphatic carbocycles. The summed E-state index contributed by atoms with van der Waals surface area (Å²) in [6, 6.07) is 2.40. The first-order chi connectivity index (χ1) is 9.42. The zero-order valence-corrected chi connectivity index (χ0v) is 11.4. The highest BCUT2D eigenvalue weighted by Gasteiger charge is 2.46. The summed E-state index contributed by atoms with van der Waals surface area (Å²) in [7, 11) is 2.01. The number of fused-ring (bicyclic) bond motifs is 2. The van der Waals surface area contributed by atoms with Crippen LogP contribution in [-0.2, 0) is 5.60 Å². The number of piperidine rings is 2. The maximum atomic E-state index is 14.0. The summed E-state index contributed by atoms with van der Waals surface area (Å²) < 4.78 is 40.4. The topological polar surface area (TPSA) is 23.5 Å². The first kappa shape index (κ1) is 13.9. The van der Waals surface area contributed by atoms with Crippen LogP contribution in [0.15, 0.2) is 12.1 Å². The third-order valence-electron chi connectivity index (χ3n) is 4.91. The first-order valence-corrected chi connectivity index (χ1v) is 7.00. The Morgan fingerprint density at radius 2 is 1.70 bits per heavy atom. The molecule has 2 nitrogen and oxygen atoms in total. The van der Waals surface area contributed by atoms with Gasteiger partial charge in [-0.15, -0.1) is 0 Å². The zero-order chi connectivity index (χ0) is 14.5. The Kier molecular flexibility index (Phi) is 3.29. The van der Waals surface area contributed by atoms with Gasteiger partial charge in [-0.2, -0.15) is 0 Å². The van der Waals surface area contributed by atoms with Gasteiger partial charge in [0.1, 0.15) is 0 Å². The van der Waals surface area contributed by atoms with E-state index in [1.807, 2.05) is 7.05 Å². The van der Waals surface area contributed by atoms with Gasteiger partial charge < -0.3 is 10.0 Å². The van der Waals surface area contributed by atoms with Crippen LogP contribution in [-0.4, -0.2) is 29.1 Å². The number of benzene rings is 1. The monoisotopic (exact) mass is 285 g/mol. The maximum Gasteiger partial charge on any atom is 0.194 e. The molecule has 2 heterocycles. The van der Waals surface area contributed by atoms with Crippen molar-refractivity contribution >= 4 is 0 Å². The summed E-state index contributed by atoms with van der Waals surface area (Å²) in [6.07, 6.45) is 3.71. The fourth-order valence-electron chi connectivity index (χ4n) is 3.75. The van der Waals surface area contributed by atoms with Crippen LogP contribution < -0.4 is 0 Å². The van der Waals surface area contributed by atoms with Gasteiger partial charge in [0.15, 0.2) is 17.5 Å². The Bertz CT molecular complexity index is 520. The van der Waals surface area contributed by atoms with E-state index >= 15 is 0 Å². The molecule has 1 aromatic carbocycles. The minimum atomic E-state index is -1.50. The second-order valence-corrected chi connectivity index (χ2v) is 6.07. The fourth-order valence-corrected chi connectivity index (χ4v) is 3.75. The van der Waals surface area contributed by atoms with Crippen LogP contribution in [0.25, 0.3) is 0 Å². The van der Waals surface area contributed by atoms with Crippen LogP contribution in [0.2, 0.25) is 0 Å². The van der Waals surface area contributed by atoms with Gasteiger partial charge in [0, 0.05) is 17.6 Å². The van der Waals surface area contributed by atoms with Gasteiger partial charge in [0.25, 0.3) is 0 Å². The Hall–Kier alpha value is -1.07. The van der Waals surface area contributed by atoms with Crippen LogP contribution in [0.4, 0.5) is 13.2 Å². The molecule has 0 radical (unpaired) electrons. The summed E-state index contributed by atoms with van der Waals surface area (Å²) in [5.74, 6) is -3.97. The molecule has 0 spiro atoms. The van der Waals surface area contributed by atoms with Crippen LogP contribution in [0.5, 0.6) is 0 Å². The van der Waals surface area contributed by atoms with Gasteiger partial charge in [-0.3, -0.25) is 0 Å². The second-order valence-electron chi connectivity index (χ2n) is 6.07. The average molecular weight is 285 g/mol. The number of rotatable bonds is 1. The van der Waals surface area contributed by atoms with Crippen molar-refractivity contribution in [2.24, 2.45) is 0 Å². The number of halogens is 3. The molecule has 0 amide bonds. The zero-order valence-electron chi connectivity index (χ0n) is 11.4. The molecule has 0 aromatic heterocycles. The molecule has 2 saturated heterocycles. The average Bonchev–Trinajstić information content (AvgIpc) is 2.38. The summed E-state index contributed by atoms with van der Waals surface area (Å²) in [6.45, 7) is 0. The minimum absolute atomic E-state index is 0.110. The first-order valence-electron chi connectivity index (χ1n) is 7.00. The van der Waals surface area contributed by atoms with Crippen molar-refractivity contribution < 1.29 is 18.3 Å². The third kappa shape index (κ3) is 2.04. The van der Waals surface area contributed by atoms with E-state index in [1.54, 1.807) is 0 Å². The Morgan fingerprint density at radius 3 is 2.30 bits per heavy atom. The van der Waals surface area contributed by atoms with E-state index in [9.17, 15) is 18.3 Å². The molecule has 110 valence electrons. The molecule has 2 fully saturated rings. The lowest BCUT2D eigenvalue weighted by atomic mass is 9.72. The Morgan fingerprint density at radius 1 is 1.10 bits per heavy atom. The van der Waals surface area contributed by atoms with E-state index in [4.69, 9.17) is 0 Å². The quantitative estimate of drug-likeness (QED) is 0.802. The normalized spacial score (nSPS) is 34.2. The van der Waals surface area contributed by atoms with Gasteiger partial charge in [0.2, 0.25) is 0 Å². The van der Waals surface area contributed by atoms with Gasteiger partial charge in [-0.1, -0.05) is 12.5 Å². The van der Waals surface area contributed by atoms with Crippen molar-refractivity contribution in [2.45, 2.75) is 49.8 Å². The van der Waals surface area contributed by atoms with Gasteiger partial charge in [-0.05, 0) is 38.8 Å². The molecule has 5 heteroatoms. The standard InChI is InChI=1S/C15H18F3NO/c1-19-9-3-2-4-10(19)8-15(20,7-9)11-5-6-12(16)14(18)13(11)17/h5-6,9-10,20H,2-4,7-8H2,1H3. The molecule has 2 unspecified atom stereocenters. The number of hydrogen-bond acceptors (Lipinski definition) is 2. The minimum Gasteiger partial charge on any atom is -0.385 e. The molecule has 20 heavy (non-hydrogen) atoms. The van der Waals surface area contributed by atoms with E-state index in [1.165, 1.54) is 6.07 Å². The molecule has 2 aliphatic heterocycles. The third-order valence-corrected chi connectivity index (χ3v) is 4.91. The number of aliphatic hydroxyl groups is 1. The Balaban J connectivity index is 1.99. The van der Waals surface area contributed by atoms with Gasteiger partial charge in [-0.25, -0.2) is 13.2 Å². The summed E-state index contributed by atoms with van der Waals surface area (Å²) in [4.78, 5) is 2.22. The van der Waals surface area contributed by atoms with Crippen LogP contribution in [0.1, 0.15) is 37.7 Å². The number of hydrogen-bond donors (Lipinski definition) is 1. The maximum absolute atomic E-state index is 14.0. The van der Waals surface area contributed by atoms with Crippen molar-refractivity contribution in [2.75, 3.05) is 7.05 Å². The molecule has 2 bridgehead atoms. The molecule has 3 rings (SSSR count). The molecule has 2 aliphatic rings. The van der Waals surface area contributed by atoms with E-state index < -0.39 is 23.1 Å². The van der Waals surface area contributed by atoms with Crippen LogP contribution >= 0.6 is 0 Å². The van der Waals surface area contributed by atoms with Crippen molar-refractivity contribution in [3.8, 4) is 0 Å². The largest absolute Gasteiger partial charge is 0.385 e. The van der Waals surface area contributed by atoms with Crippen molar-refractivity contribution in [1.82, 2.24) is 4.90 Å². The lowest BCUT2D eigenvalue weighted by molar-refractivity contribution is -0.0894. The smallest absolute Gasteiger partial charge is 0.194 e. The van der Waals surface area contributed by atoms with Crippen molar-refractivity contribution in [1.29, 1.82) is 0 Å². The highest BCUT2D eigenvalue weighted by atomic mass is 19.2. The molecule has 1 aromatic rings. The van der Waals surface area contributed by atoms with E-state index in [2.05, 4.69) is 4.90 Å². The summed E-state index contributed by atoms with van der Waals surface area (Å²) >= 11 is 0. The van der Waals surface area contributed by atoms with Crippen LogP contribution in [0.3, 0.4) is 0 Å². The molecule has 1 N–H and O–H groups in total. The van der Waals surface area contributed by atoms with Crippen LogP contribution in [0, 0.1) is 17.5 Å². The predicted octanol–water partition coefficient (Wildman–Crippen LogP) is 2.94. The second kappa shape index (κ2) is 4.74. The predicted molar refractivity (Wildman–Crippen MR) is 68.6 cm³/mol. The number of nitrogens with zero attached hydrogens (tertiary/aromatic N) is 1. The van der Waals surface area contributed by atoms with Crippen molar-refractivity contribution in [3.63, 3.8) is 0 Å². The lowest BCUT2D eigenvalue weighted by Gasteiger charge is -2.50. The van der Waals surface area contributed by atoms with Gasteiger partial charge >= 0.3 is 0 Å². The van der Waals surface area contributed by atoms with E-state index in [0.29, 0.717) is 12.8 Å². The molecule has 2 atom stereocenters. The lowest BCUT2D eigenvalue weighted by Crippen LogP contribution is -2.55. The molecular formula is C15H18F3NO. The van der Waals surface area contributed by atoms with E-state index in [-0.39, 0.29) is 17.6 Å². The highest BCUT2D eigenvalue weighted by Crippen LogP contribution is 2.44. The fraction of sp³-hybridized carbons (Fsp3) is 0.600.